The molecule has 0 aliphatic carbocycles. The van der Waals surface area contributed by atoms with Crippen molar-refractivity contribution in [1.29, 1.82) is 0 Å². The molecule has 0 unspecified atom stereocenters. The summed E-state index contributed by atoms with van der Waals surface area (Å²) >= 11 is 0. The van der Waals surface area contributed by atoms with E-state index in [9.17, 15) is 29.1 Å². The van der Waals surface area contributed by atoms with Crippen LogP contribution in [0, 0.1) is 5.92 Å². The van der Waals surface area contributed by atoms with Crippen LogP contribution in [0.15, 0.2) is 72.3 Å². The standard InChI is InChI=1S/C33H42N4O8/c1-22(2)17-27(31(41)37-16-10-15-25(19-37)32(42)44-3)34-30(40)28(20-38)35-29(39)26(18-23-11-6-4-7-12-23)36-33(43)45-21-24-13-8-5-9-14-24/h4-9,11-15,22,26-28,38H,10,16-21H2,1-3H3,(H,34,40)(H,35,39)(H,36,43)/t26-,27-,28-/m0/s1. The number of benzene rings is 2. The number of amides is 4. The average molecular weight is 623 g/mol. The van der Waals surface area contributed by atoms with Crippen molar-refractivity contribution >= 4 is 29.8 Å². The van der Waals surface area contributed by atoms with Gasteiger partial charge in [0.25, 0.3) is 0 Å². The molecule has 3 rings (SSSR count). The Kier molecular flexibility index (Phi) is 13.6. The van der Waals surface area contributed by atoms with Gasteiger partial charge in [0, 0.05) is 13.0 Å². The van der Waals surface area contributed by atoms with E-state index in [1.54, 1.807) is 42.5 Å². The maximum absolute atomic E-state index is 13.5. The van der Waals surface area contributed by atoms with Crippen molar-refractivity contribution in [2.45, 2.75) is 57.8 Å². The molecule has 1 aliphatic heterocycles. The van der Waals surface area contributed by atoms with E-state index in [2.05, 4.69) is 16.0 Å². The lowest BCUT2D eigenvalue weighted by molar-refractivity contribution is -0.139. The van der Waals surface area contributed by atoms with Gasteiger partial charge < -0.3 is 35.4 Å². The van der Waals surface area contributed by atoms with Crippen LogP contribution >= 0.6 is 0 Å². The van der Waals surface area contributed by atoms with Gasteiger partial charge in [-0.25, -0.2) is 9.59 Å². The van der Waals surface area contributed by atoms with E-state index in [1.807, 2.05) is 38.1 Å². The van der Waals surface area contributed by atoms with Gasteiger partial charge in [-0.3, -0.25) is 14.4 Å². The number of aliphatic hydroxyl groups is 1. The molecule has 4 N–H and O–H groups in total. The van der Waals surface area contributed by atoms with Crippen LogP contribution in [0.3, 0.4) is 0 Å². The molecule has 45 heavy (non-hydrogen) atoms. The van der Waals surface area contributed by atoms with Crippen LogP contribution in [0.25, 0.3) is 0 Å². The van der Waals surface area contributed by atoms with Crippen LogP contribution in [0.5, 0.6) is 0 Å². The smallest absolute Gasteiger partial charge is 0.408 e. The molecule has 2 aromatic carbocycles. The lowest BCUT2D eigenvalue weighted by Crippen LogP contribution is -2.59. The predicted molar refractivity (Wildman–Crippen MR) is 165 cm³/mol. The number of hydrogen-bond acceptors (Lipinski definition) is 8. The van der Waals surface area contributed by atoms with Gasteiger partial charge >= 0.3 is 12.1 Å². The van der Waals surface area contributed by atoms with Gasteiger partial charge in [-0.15, -0.1) is 0 Å². The van der Waals surface area contributed by atoms with E-state index in [0.29, 0.717) is 18.5 Å². The number of carbonyl (C=O) groups excluding carboxylic acids is 5. The minimum atomic E-state index is -1.41. The lowest BCUT2D eigenvalue weighted by Gasteiger charge is -2.32. The number of esters is 1. The summed E-state index contributed by atoms with van der Waals surface area (Å²) in [5.41, 5.74) is 1.86. The highest BCUT2D eigenvalue weighted by atomic mass is 16.5. The molecule has 0 saturated carbocycles. The number of hydrogen-bond donors (Lipinski definition) is 4. The molecule has 0 bridgehead atoms. The first-order chi connectivity index (χ1) is 21.6. The Morgan fingerprint density at radius 3 is 2.04 bits per heavy atom. The Morgan fingerprint density at radius 2 is 1.44 bits per heavy atom. The molecule has 12 nitrogen and oxygen atoms in total. The molecular weight excluding hydrogens is 580 g/mol. The zero-order chi connectivity index (χ0) is 32.8. The Balaban J connectivity index is 1.69. The molecule has 3 atom stereocenters. The van der Waals surface area contributed by atoms with Crippen molar-refractivity contribution in [2.75, 3.05) is 26.8 Å². The highest BCUT2D eigenvalue weighted by molar-refractivity contribution is 5.95. The maximum Gasteiger partial charge on any atom is 0.408 e. The second-order valence-corrected chi connectivity index (χ2v) is 11.2. The van der Waals surface area contributed by atoms with Gasteiger partial charge in [0.05, 0.1) is 25.8 Å². The predicted octanol–water partition coefficient (Wildman–Crippen LogP) is 1.86. The summed E-state index contributed by atoms with van der Waals surface area (Å²) in [5.74, 6) is -2.39. The summed E-state index contributed by atoms with van der Waals surface area (Å²) in [7, 11) is 1.27. The summed E-state index contributed by atoms with van der Waals surface area (Å²) < 4.78 is 10.1. The number of ether oxygens (including phenoxy) is 2. The molecule has 0 radical (unpaired) electrons. The second-order valence-electron chi connectivity index (χ2n) is 11.2. The van der Waals surface area contributed by atoms with Crippen molar-refractivity contribution in [3.05, 3.63) is 83.4 Å². The molecule has 12 heteroatoms. The van der Waals surface area contributed by atoms with Crippen LogP contribution in [-0.2, 0) is 41.7 Å². The summed E-state index contributed by atoms with van der Waals surface area (Å²) in [6.07, 6.45) is 1.73. The van der Waals surface area contributed by atoms with E-state index in [-0.39, 0.29) is 37.8 Å². The van der Waals surface area contributed by atoms with Crippen molar-refractivity contribution in [3.8, 4) is 0 Å². The van der Waals surface area contributed by atoms with Gasteiger partial charge in [-0.05, 0) is 29.9 Å². The molecule has 0 spiro atoms. The number of methoxy groups -OCH3 is 1. The van der Waals surface area contributed by atoms with Crippen LogP contribution in [0.2, 0.25) is 0 Å². The van der Waals surface area contributed by atoms with Crippen LogP contribution in [0.1, 0.15) is 37.8 Å². The summed E-state index contributed by atoms with van der Waals surface area (Å²) in [6, 6.07) is 14.5. The third kappa shape index (κ3) is 11.1. The van der Waals surface area contributed by atoms with Crippen LogP contribution < -0.4 is 16.0 Å². The van der Waals surface area contributed by atoms with Gasteiger partial charge in [0.1, 0.15) is 24.7 Å². The molecular formula is C33H42N4O8. The Morgan fingerprint density at radius 1 is 0.844 bits per heavy atom. The topological polar surface area (TPSA) is 163 Å². The lowest BCUT2D eigenvalue weighted by atomic mass is 10.0. The first-order valence-corrected chi connectivity index (χ1v) is 14.9. The number of alkyl carbamates (subject to hydrolysis) is 1. The molecule has 2 aromatic rings. The molecule has 242 valence electrons. The Labute approximate surface area is 263 Å². The summed E-state index contributed by atoms with van der Waals surface area (Å²) in [5, 5.41) is 17.8. The van der Waals surface area contributed by atoms with Crippen molar-refractivity contribution in [3.63, 3.8) is 0 Å². The monoisotopic (exact) mass is 622 g/mol. The second kappa shape index (κ2) is 17.6. The molecule has 0 saturated heterocycles. The number of rotatable bonds is 14. The number of aliphatic hydroxyl groups excluding tert-OH is 1. The Hall–Kier alpha value is -4.71. The van der Waals surface area contributed by atoms with Gasteiger partial charge in [-0.2, -0.15) is 0 Å². The minimum absolute atomic E-state index is 0.00673. The van der Waals surface area contributed by atoms with Crippen molar-refractivity contribution < 1.29 is 38.6 Å². The number of carbonyl (C=O) groups is 5. The van der Waals surface area contributed by atoms with Crippen LogP contribution in [0.4, 0.5) is 4.79 Å². The fraction of sp³-hybridized carbons (Fsp3) is 0.424. The van der Waals surface area contributed by atoms with Crippen LogP contribution in [-0.4, -0.2) is 84.7 Å². The first-order valence-electron chi connectivity index (χ1n) is 14.9. The van der Waals surface area contributed by atoms with E-state index < -0.39 is 48.6 Å². The number of nitrogens with zero attached hydrogens (tertiary/aromatic N) is 1. The molecule has 1 aliphatic rings. The van der Waals surface area contributed by atoms with Gasteiger partial charge in [0.15, 0.2) is 0 Å². The highest BCUT2D eigenvalue weighted by Crippen LogP contribution is 2.16. The van der Waals surface area contributed by atoms with Gasteiger partial charge in [0.2, 0.25) is 17.7 Å². The van der Waals surface area contributed by atoms with Crippen molar-refractivity contribution in [2.24, 2.45) is 5.92 Å². The zero-order valence-electron chi connectivity index (χ0n) is 25.9. The van der Waals surface area contributed by atoms with E-state index in [0.717, 1.165) is 11.1 Å². The summed E-state index contributed by atoms with van der Waals surface area (Å²) in [6.45, 7) is 3.43. The van der Waals surface area contributed by atoms with Gasteiger partial charge in [-0.1, -0.05) is 80.6 Å². The first kappa shape index (κ1) is 34.8. The fourth-order valence-corrected chi connectivity index (χ4v) is 4.83. The maximum atomic E-state index is 13.5. The SMILES string of the molecule is COC(=O)C1=CCCN(C(=O)[C@H](CC(C)C)NC(=O)[C@H](CO)NC(=O)[C@H](Cc2ccccc2)NC(=O)OCc2ccccc2)C1. The van der Waals surface area contributed by atoms with E-state index >= 15 is 0 Å². The molecule has 4 amide bonds. The quantitative estimate of drug-likeness (QED) is 0.232. The Bertz CT molecular complexity index is 1330. The molecule has 0 aromatic heterocycles. The third-order valence-corrected chi connectivity index (χ3v) is 7.15. The fourth-order valence-electron chi connectivity index (χ4n) is 4.83. The van der Waals surface area contributed by atoms with E-state index in [1.165, 1.54) is 12.0 Å². The zero-order valence-corrected chi connectivity index (χ0v) is 25.9. The minimum Gasteiger partial charge on any atom is -0.466 e. The number of nitrogens with one attached hydrogen (secondary N) is 3. The third-order valence-electron chi connectivity index (χ3n) is 7.15. The normalized spacial score (nSPS) is 14.8. The van der Waals surface area contributed by atoms with E-state index in [4.69, 9.17) is 9.47 Å². The van der Waals surface area contributed by atoms with Crippen molar-refractivity contribution in [1.82, 2.24) is 20.9 Å². The average Bonchev–Trinajstić information content (AvgIpc) is 3.05. The highest BCUT2D eigenvalue weighted by Gasteiger charge is 2.33. The summed E-state index contributed by atoms with van der Waals surface area (Å²) in [4.78, 5) is 66.4. The molecule has 1 heterocycles. The molecule has 0 fully saturated rings. The largest absolute Gasteiger partial charge is 0.466 e.